The van der Waals surface area contributed by atoms with Gasteiger partial charge in [-0.2, -0.15) is 5.26 Å². The van der Waals surface area contributed by atoms with E-state index >= 15 is 8.78 Å². The molecule has 0 saturated carbocycles. The highest BCUT2D eigenvalue weighted by atomic mass is 35.5. The Labute approximate surface area is 201 Å². The number of hydrogen-bond donors (Lipinski definition) is 2. The van der Waals surface area contributed by atoms with Crippen LogP contribution >= 0.6 is 23.2 Å². The molecule has 0 aromatic heterocycles. The Bertz CT molecular complexity index is 1110. The number of nitrogens with zero attached hydrogens (tertiary/aromatic N) is 1. The van der Waals surface area contributed by atoms with Crippen molar-refractivity contribution in [3.63, 3.8) is 0 Å². The van der Waals surface area contributed by atoms with Crippen LogP contribution in [0.2, 0.25) is 10.0 Å². The van der Waals surface area contributed by atoms with Crippen LogP contribution < -0.4 is 5.32 Å². The van der Waals surface area contributed by atoms with Crippen molar-refractivity contribution in [3.8, 4) is 6.07 Å². The molecule has 0 bridgehead atoms. The Morgan fingerprint density at radius 3 is 2.58 bits per heavy atom. The molecule has 2 aromatic carbocycles. The molecule has 2 aromatic rings. The lowest BCUT2D eigenvalue weighted by atomic mass is 9.62. The van der Waals surface area contributed by atoms with Gasteiger partial charge in [0.15, 0.2) is 0 Å². The van der Waals surface area contributed by atoms with Crippen molar-refractivity contribution >= 4 is 29.2 Å². The number of benzene rings is 2. The highest BCUT2D eigenvalue weighted by molar-refractivity contribution is 6.31. The summed E-state index contributed by atoms with van der Waals surface area (Å²) in [6.07, 6.45) is 0.249. The van der Waals surface area contributed by atoms with Crippen molar-refractivity contribution in [3.05, 3.63) is 69.2 Å². The Kier molecular flexibility index (Phi) is 7.35. The van der Waals surface area contributed by atoms with E-state index in [1.165, 1.54) is 37.4 Å². The lowest BCUT2D eigenvalue weighted by Gasteiger charge is -2.38. The maximum Gasteiger partial charge on any atom is 0.321 e. The van der Waals surface area contributed by atoms with E-state index in [0.717, 1.165) is 6.07 Å². The predicted molar refractivity (Wildman–Crippen MR) is 121 cm³/mol. The number of aliphatic carboxylic acids is 1. The van der Waals surface area contributed by atoms with Crippen LogP contribution in [0.4, 0.5) is 8.78 Å². The van der Waals surface area contributed by atoms with E-state index in [-0.39, 0.29) is 27.6 Å². The summed E-state index contributed by atoms with van der Waals surface area (Å²) < 4.78 is 35.9. The van der Waals surface area contributed by atoms with E-state index in [1.807, 2.05) is 13.8 Å². The fourth-order valence-electron chi connectivity index (χ4n) is 4.93. The molecule has 5 nitrogen and oxygen atoms in total. The maximum absolute atomic E-state index is 15.3. The van der Waals surface area contributed by atoms with Gasteiger partial charge in [0.1, 0.15) is 23.1 Å². The molecular weight excluding hydrogens is 473 g/mol. The van der Waals surface area contributed by atoms with E-state index in [1.54, 1.807) is 0 Å². The third kappa shape index (κ3) is 4.58. The number of carboxylic acids is 1. The first-order valence-corrected chi connectivity index (χ1v) is 11.0. The van der Waals surface area contributed by atoms with Crippen LogP contribution in [-0.2, 0) is 14.9 Å². The molecule has 3 rings (SSSR count). The van der Waals surface area contributed by atoms with E-state index < -0.39 is 46.4 Å². The molecule has 0 unspecified atom stereocenters. The summed E-state index contributed by atoms with van der Waals surface area (Å²) in [5, 5.41) is 23.5. The molecular formula is C24H24Cl2F2N2O3. The number of nitrogens with one attached hydrogen (secondary N) is 1. The minimum Gasteiger partial charge on any atom is -0.480 e. The topological polar surface area (TPSA) is 82.3 Å². The van der Waals surface area contributed by atoms with Gasteiger partial charge in [0, 0.05) is 29.7 Å². The molecule has 4 atom stereocenters. The Morgan fingerprint density at radius 1 is 1.30 bits per heavy atom. The van der Waals surface area contributed by atoms with Gasteiger partial charge in [-0.25, -0.2) is 8.78 Å². The Balaban J connectivity index is 2.34. The van der Waals surface area contributed by atoms with Crippen LogP contribution in [0.15, 0.2) is 36.4 Å². The third-order valence-electron chi connectivity index (χ3n) is 6.19. The summed E-state index contributed by atoms with van der Waals surface area (Å²) in [6.45, 7) is 4.09. The molecule has 1 heterocycles. The molecule has 33 heavy (non-hydrogen) atoms. The van der Waals surface area contributed by atoms with E-state index in [0.29, 0.717) is 6.61 Å². The van der Waals surface area contributed by atoms with E-state index in [9.17, 15) is 15.2 Å². The van der Waals surface area contributed by atoms with Crippen LogP contribution in [0.1, 0.15) is 37.3 Å². The molecule has 1 aliphatic rings. The maximum atomic E-state index is 15.3. The lowest BCUT2D eigenvalue weighted by Crippen LogP contribution is -2.45. The van der Waals surface area contributed by atoms with Gasteiger partial charge >= 0.3 is 5.97 Å². The molecule has 1 fully saturated rings. The van der Waals surface area contributed by atoms with Gasteiger partial charge in [-0.15, -0.1) is 0 Å². The van der Waals surface area contributed by atoms with Gasteiger partial charge < -0.3 is 9.84 Å². The normalized spacial score (nSPS) is 25.1. The molecule has 0 spiro atoms. The second-order valence-corrected chi connectivity index (χ2v) is 9.91. The summed E-state index contributed by atoms with van der Waals surface area (Å²) in [5.41, 5.74) is -2.44. The fraction of sp³-hybridized carbons (Fsp3) is 0.417. The zero-order valence-corrected chi connectivity index (χ0v) is 19.8. The predicted octanol–water partition coefficient (Wildman–Crippen LogP) is 5.30. The number of ether oxygens (including phenoxy) is 1. The van der Waals surface area contributed by atoms with Gasteiger partial charge in [-0.1, -0.05) is 55.2 Å². The first kappa shape index (κ1) is 25.4. The van der Waals surface area contributed by atoms with Gasteiger partial charge in [0.05, 0.1) is 17.7 Å². The minimum absolute atomic E-state index is 0.0618. The number of rotatable bonds is 7. The molecule has 0 amide bonds. The second-order valence-electron chi connectivity index (χ2n) is 9.06. The van der Waals surface area contributed by atoms with Gasteiger partial charge in [0.25, 0.3) is 0 Å². The van der Waals surface area contributed by atoms with Crippen LogP contribution in [0.3, 0.4) is 0 Å². The summed E-state index contributed by atoms with van der Waals surface area (Å²) in [6, 6.07) is 7.99. The number of methoxy groups -OCH3 is 1. The molecule has 9 heteroatoms. The van der Waals surface area contributed by atoms with Crippen molar-refractivity contribution in [2.45, 2.75) is 43.7 Å². The fourth-order valence-corrected chi connectivity index (χ4v) is 5.27. The summed E-state index contributed by atoms with van der Waals surface area (Å²) >= 11 is 12.0. The number of carbonyl (C=O) groups is 1. The largest absolute Gasteiger partial charge is 0.480 e. The molecule has 1 saturated heterocycles. The van der Waals surface area contributed by atoms with Gasteiger partial charge in [-0.3, -0.25) is 10.1 Å². The average Bonchev–Trinajstić information content (AvgIpc) is 3.04. The molecule has 1 aliphatic heterocycles. The molecule has 0 aliphatic carbocycles. The van der Waals surface area contributed by atoms with Crippen LogP contribution in [0, 0.1) is 28.4 Å². The van der Waals surface area contributed by atoms with E-state index in [2.05, 4.69) is 11.4 Å². The van der Waals surface area contributed by atoms with Gasteiger partial charge in [-0.05, 0) is 35.6 Å². The summed E-state index contributed by atoms with van der Waals surface area (Å²) in [5.74, 6) is -4.19. The van der Waals surface area contributed by atoms with Crippen molar-refractivity contribution < 1.29 is 23.4 Å². The summed E-state index contributed by atoms with van der Waals surface area (Å²) in [4.78, 5) is 12.3. The van der Waals surface area contributed by atoms with Crippen molar-refractivity contribution in [1.82, 2.24) is 5.32 Å². The monoisotopic (exact) mass is 496 g/mol. The minimum atomic E-state index is -1.78. The Morgan fingerprint density at radius 2 is 2.00 bits per heavy atom. The number of halogens is 4. The second kappa shape index (κ2) is 9.55. The highest BCUT2D eigenvalue weighted by Crippen LogP contribution is 2.52. The van der Waals surface area contributed by atoms with Crippen molar-refractivity contribution in [1.29, 1.82) is 5.26 Å². The zero-order valence-electron chi connectivity index (χ0n) is 18.3. The standard InChI is InChI=1S/C24H24Cl2F2N2O3/c1-23(2,12-33-3)10-18-24(11-29,15-8-7-13(25)9-17(15)27)19(21(30-18)22(31)32)14-5-4-6-16(26)20(14)28/h4-9,18-19,21,30H,10,12H2,1-3H3,(H,31,32)/t18-,19-,21+,24-/m1/s1. The van der Waals surface area contributed by atoms with Crippen LogP contribution in [0.5, 0.6) is 0 Å². The van der Waals surface area contributed by atoms with Crippen LogP contribution in [-0.4, -0.2) is 36.9 Å². The van der Waals surface area contributed by atoms with Crippen molar-refractivity contribution in [2.75, 3.05) is 13.7 Å². The highest BCUT2D eigenvalue weighted by Gasteiger charge is 2.61. The van der Waals surface area contributed by atoms with Crippen molar-refractivity contribution in [2.24, 2.45) is 5.41 Å². The van der Waals surface area contributed by atoms with Gasteiger partial charge in [0.2, 0.25) is 0 Å². The smallest absolute Gasteiger partial charge is 0.321 e. The van der Waals surface area contributed by atoms with E-state index in [4.69, 9.17) is 27.9 Å². The third-order valence-corrected chi connectivity index (χ3v) is 6.72. The average molecular weight is 497 g/mol. The number of hydrogen-bond acceptors (Lipinski definition) is 4. The first-order valence-electron chi connectivity index (χ1n) is 10.3. The first-order chi connectivity index (χ1) is 15.5. The molecule has 176 valence electrons. The quantitative estimate of drug-likeness (QED) is 0.542. The zero-order chi connectivity index (χ0) is 24.6. The number of carboxylic acid groups (broad SMARTS) is 1. The van der Waals surface area contributed by atoms with Crippen LogP contribution in [0.25, 0.3) is 0 Å². The lowest BCUT2D eigenvalue weighted by molar-refractivity contribution is -0.139. The SMILES string of the molecule is COCC(C)(C)C[C@H]1N[C@H](C(=O)O)[C@@H](c2cccc(Cl)c2F)[C@]1(C#N)c1ccc(Cl)cc1F. The number of nitriles is 1. The Hall–Kier alpha value is -2.24. The molecule has 2 N–H and O–H groups in total. The summed E-state index contributed by atoms with van der Waals surface area (Å²) in [7, 11) is 1.53. The molecule has 0 radical (unpaired) electrons.